The van der Waals surface area contributed by atoms with E-state index in [0.29, 0.717) is 3.72 Å². The van der Waals surface area contributed by atoms with Gasteiger partial charge >= 0.3 is 151 Å². The molecule has 5 heteroatoms. The van der Waals surface area contributed by atoms with E-state index in [0.717, 1.165) is 5.92 Å². The minimum atomic E-state index is -0.215. The molecule has 138 valence electrons. The molecule has 0 N–H and O–H groups in total. The summed E-state index contributed by atoms with van der Waals surface area (Å²) in [6.45, 7) is 11.8. The van der Waals surface area contributed by atoms with Crippen molar-refractivity contribution >= 4 is 14.7 Å². The van der Waals surface area contributed by atoms with Gasteiger partial charge in [0.1, 0.15) is 0 Å². The first kappa shape index (κ1) is 27.7. The molecule has 0 aliphatic heterocycles. The van der Waals surface area contributed by atoms with E-state index < -0.39 is 0 Å². The van der Waals surface area contributed by atoms with E-state index >= 15 is 0 Å². The number of hydrogen-bond acceptors (Lipinski definition) is 0. The largest absolute Gasteiger partial charge is 1.00 e. The molecule has 0 saturated carbocycles. The smallest absolute Gasteiger partial charge is 1.00 e. The number of halogens is 3. The van der Waals surface area contributed by atoms with E-state index in [-0.39, 0.29) is 46.7 Å². The molecule has 2 unspecified atom stereocenters. The predicted octanol–water partition coefficient (Wildman–Crippen LogP) is -4.28. The summed E-state index contributed by atoms with van der Waals surface area (Å²) in [5.41, 5.74) is 6.51. The second kappa shape index (κ2) is 12.1. The van der Waals surface area contributed by atoms with E-state index in [4.69, 9.17) is 0 Å². The Morgan fingerprint density at radius 2 is 1.56 bits per heavy atom. The van der Waals surface area contributed by atoms with Gasteiger partial charge in [-0.2, -0.15) is 0 Å². The quantitative estimate of drug-likeness (QED) is 0.384. The first-order valence-corrected chi connectivity index (χ1v) is 11.1. The molecule has 1 aromatic carbocycles. The van der Waals surface area contributed by atoms with Crippen LogP contribution in [0.15, 0.2) is 52.6 Å². The number of benzene rings is 1. The Morgan fingerprint density at radius 1 is 1.00 bits per heavy atom. The Hall–Kier alpha value is 0.501. The zero-order chi connectivity index (χ0) is 16.3. The molecule has 0 aromatic heterocycles. The van der Waals surface area contributed by atoms with Crippen LogP contribution < -0.4 is 42.4 Å². The second-order valence-electron chi connectivity index (χ2n) is 6.96. The van der Waals surface area contributed by atoms with E-state index in [1.807, 2.05) is 0 Å². The molecular formula is C20H29Cl3SiTi. The topological polar surface area (TPSA) is 0 Å². The third-order valence-corrected chi connectivity index (χ3v) is 9.89. The molecule has 0 saturated heterocycles. The SMILES string of the molecule is CCC(C)CC1=C(C)C(C)=C(C)[C]1([Ti+3])C[SiH2]c1ccccc1.[Cl-].[Cl-].[Cl-]. The van der Waals surface area contributed by atoms with E-state index in [2.05, 4.69) is 85.4 Å². The molecule has 0 bridgehead atoms. The Balaban J connectivity index is 0. The predicted molar refractivity (Wildman–Crippen MR) is 97.3 cm³/mol. The molecule has 0 amide bonds. The minimum absolute atomic E-state index is 0. The molecule has 1 aliphatic rings. The van der Waals surface area contributed by atoms with Crippen LogP contribution in [0.3, 0.4) is 0 Å². The van der Waals surface area contributed by atoms with Crippen LogP contribution in [0.1, 0.15) is 47.5 Å². The second-order valence-corrected chi connectivity index (χ2v) is 10.1. The molecule has 0 fully saturated rings. The number of hydrogen-bond donors (Lipinski definition) is 0. The van der Waals surface area contributed by atoms with Gasteiger partial charge in [-0.25, -0.2) is 0 Å². The molecule has 0 heterocycles. The molecule has 0 nitrogen and oxygen atoms in total. The van der Waals surface area contributed by atoms with Crippen LogP contribution in [0.2, 0.25) is 9.76 Å². The van der Waals surface area contributed by atoms with Crippen molar-refractivity contribution in [3.63, 3.8) is 0 Å². The van der Waals surface area contributed by atoms with Crippen LogP contribution in [0, 0.1) is 5.92 Å². The van der Waals surface area contributed by atoms with Gasteiger partial charge in [-0.15, -0.1) is 0 Å². The maximum absolute atomic E-state index is 2.51. The van der Waals surface area contributed by atoms with Gasteiger partial charge in [0.25, 0.3) is 0 Å². The summed E-state index contributed by atoms with van der Waals surface area (Å²) in [5.74, 6) is 0.793. The van der Waals surface area contributed by atoms with Crippen molar-refractivity contribution < 1.29 is 57.7 Å². The van der Waals surface area contributed by atoms with Crippen LogP contribution in [0.25, 0.3) is 0 Å². The molecular weight excluding hydrogens is 423 g/mol. The van der Waals surface area contributed by atoms with Gasteiger partial charge in [0, 0.05) is 0 Å². The van der Waals surface area contributed by atoms with Crippen LogP contribution in [-0.4, -0.2) is 9.52 Å². The van der Waals surface area contributed by atoms with Crippen molar-refractivity contribution in [1.82, 2.24) is 0 Å². The summed E-state index contributed by atoms with van der Waals surface area (Å²) in [6, 6.07) is 12.5. The average Bonchev–Trinajstić information content (AvgIpc) is 2.70. The van der Waals surface area contributed by atoms with Crippen molar-refractivity contribution in [1.29, 1.82) is 0 Å². The van der Waals surface area contributed by atoms with Crippen LogP contribution in [0.5, 0.6) is 0 Å². The third kappa shape index (κ3) is 6.26. The molecule has 0 radical (unpaired) electrons. The first-order valence-electron chi connectivity index (χ1n) is 8.57. The summed E-state index contributed by atoms with van der Waals surface area (Å²) in [6.07, 6.45) is 2.55. The Morgan fingerprint density at radius 3 is 2.08 bits per heavy atom. The summed E-state index contributed by atoms with van der Waals surface area (Å²) in [4.78, 5) is 0. The maximum Gasteiger partial charge on any atom is -1.00 e. The van der Waals surface area contributed by atoms with Gasteiger partial charge in [0.15, 0.2) is 0 Å². The summed E-state index contributed by atoms with van der Waals surface area (Å²) in [7, 11) is -0.215. The van der Waals surface area contributed by atoms with Crippen LogP contribution in [-0.2, 0) is 20.4 Å². The fourth-order valence-electron chi connectivity index (χ4n) is 3.51. The van der Waals surface area contributed by atoms with E-state index in [1.165, 1.54) is 18.9 Å². The molecule has 2 atom stereocenters. The third-order valence-electron chi connectivity index (χ3n) is 5.61. The van der Waals surface area contributed by atoms with Crippen LogP contribution >= 0.6 is 0 Å². The van der Waals surface area contributed by atoms with Crippen LogP contribution in [0.4, 0.5) is 0 Å². The fraction of sp³-hybridized carbons (Fsp3) is 0.500. The van der Waals surface area contributed by atoms with Gasteiger partial charge in [0.2, 0.25) is 0 Å². The van der Waals surface area contributed by atoms with Gasteiger partial charge in [-0.3, -0.25) is 0 Å². The normalized spacial score (nSPS) is 21.1. The molecule has 0 spiro atoms. The van der Waals surface area contributed by atoms with Gasteiger partial charge in [0.05, 0.1) is 0 Å². The van der Waals surface area contributed by atoms with Crippen molar-refractivity contribution in [3.05, 3.63) is 52.6 Å². The van der Waals surface area contributed by atoms with E-state index in [1.54, 1.807) is 27.5 Å². The molecule has 1 aromatic rings. The monoisotopic (exact) mass is 450 g/mol. The van der Waals surface area contributed by atoms with Gasteiger partial charge in [-0.05, 0) is 0 Å². The molecule has 25 heavy (non-hydrogen) atoms. The fourth-order valence-corrected chi connectivity index (χ4v) is 6.79. The van der Waals surface area contributed by atoms with Crippen molar-refractivity contribution in [2.75, 3.05) is 0 Å². The molecule has 1 aliphatic carbocycles. The van der Waals surface area contributed by atoms with Crippen molar-refractivity contribution in [2.24, 2.45) is 5.92 Å². The van der Waals surface area contributed by atoms with Gasteiger partial charge in [-0.1, -0.05) is 0 Å². The van der Waals surface area contributed by atoms with Gasteiger partial charge < -0.3 is 37.2 Å². The standard InChI is InChI=1S/C20H29Si.3ClH.Ti/c1-6-14(2)12-19-16(4)15(3)17(5)20(19)13-21-18-10-8-7-9-11-18;;;;/h7-11,14H,6,12-13,21H2,1-5H3;3*1H;/q;;;;+3/p-3. The average molecular weight is 452 g/mol. The molecule has 2 rings (SSSR count). The number of allylic oxidation sites excluding steroid dienone is 4. The Labute approximate surface area is 187 Å². The maximum atomic E-state index is 2.51. The Kier molecular flexibility index (Phi) is 13.4. The van der Waals surface area contributed by atoms with Crippen molar-refractivity contribution in [3.8, 4) is 0 Å². The Bertz CT molecular complexity index is 598. The van der Waals surface area contributed by atoms with Crippen molar-refractivity contribution in [2.45, 2.75) is 57.2 Å². The number of rotatable bonds is 6. The summed E-state index contributed by atoms with van der Waals surface area (Å²) < 4.78 is 0.319. The summed E-state index contributed by atoms with van der Waals surface area (Å²) in [5, 5.41) is 1.60. The summed E-state index contributed by atoms with van der Waals surface area (Å²) >= 11 is 2.51. The first-order chi connectivity index (χ1) is 10.4. The zero-order valence-electron chi connectivity index (χ0n) is 15.9. The minimum Gasteiger partial charge on any atom is -1.00 e. The zero-order valence-corrected chi connectivity index (χ0v) is 21.2. The van der Waals surface area contributed by atoms with E-state index in [9.17, 15) is 0 Å².